The van der Waals surface area contributed by atoms with Crippen LogP contribution in [-0.2, 0) is 4.79 Å². The van der Waals surface area contributed by atoms with Crippen molar-refractivity contribution in [2.24, 2.45) is 5.41 Å². The van der Waals surface area contributed by atoms with Gasteiger partial charge in [-0.3, -0.25) is 4.79 Å². The number of carbonyl (C=O) groups is 1. The van der Waals surface area contributed by atoms with Crippen molar-refractivity contribution in [2.45, 2.75) is 58.5 Å². The van der Waals surface area contributed by atoms with Gasteiger partial charge in [0.05, 0.1) is 17.4 Å². The van der Waals surface area contributed by atoms with E-state index in [9.17, 15) is 4.79 Å². The fourth-order valence-corrected chi connectivity index (χ4v) is 4.61. The molecule has 0 aliphatic carbocycles. The largest absolute Gasteiger partial charge is 0.386 e. The molecule has 3 nitrogen and oxygen atoms in total. The van der Waals surface area contributed by atoms with Crippen LogP contribution >= 0.6 is 23.4 Å². The lowest BCUT2D eigenvalue weighted by Crippen LogP contribution is -2.53. The molecular formula is C19H28ClNO2S. The molecule has 1 unspecified atom stereocenters. The summed E-state index contributed by atoms with van der Waals surface area (Å²) in [6.07, 6.45) is 3.71. The van der Waals surface area contributed by atoms with Gasteiger partial charge < -0.3 is 10.0 Å². The number of aliphatic hydroxyl groups excluding tert-OH is 1. The minimum absolute atomic E-state index is 0.0640. The number of aliphatic hydroxyl groups is 1. The SMILES string of the molecule is CCC(CC)N1C(=O)[C@@](C)(CSCO)CCC1c1ccc(Cl)cc1. The van der Waals surface area contributed by atoms with Crippen molar-refractivity contribution in [3.8, 4) is 0 Å². The van der Waals surface area contributed by atoms with Crippen molar-refractivity contribution in [1.29, 1.82) is 0 Å². The number of hydrogen-bond acceptors (Lipinski definition) is 3. The fourth-order valence-electron chi connectivity index (χ4n) is 3.67. The standard InChI is InChI=1S/C19H28ClNO2S/c1-4-16(5-2)21-17(14-6-8-15(20)9-7-14)10-11-19(3,18(21)23)12-24-13-22/h6-9,16-17,22H,4-5,10-13H2,1-3H3/t17?,19-/m1/s1. The quantitative estimate of drug-likeness (QED) is 0.696. The maximum atomic E-state index is 13.4. The maximum absolute atomic E-state index is 13.4. The zero-order chi connectivity index (χ0) is 17.7. The second kappa shape index (κ2) is 8.59. The summed E-state index contributed by atoms with van der Waals surface area (Å²) in [4.78, 5) is 15.5. The van der Waals surface area contributed by atoms with Gasteiger partial charge in [-0.2, -0.15) is 0 Å². The molecule has 1 aromatic rings. The van der Waals surface area contributed by atoms with E-state index in [1.54, 1.807) is 0 Å². The van der Waals surface area contributed by atoms with E-state index in [1.165, 1.54) is 11.8 Å². The van der Waals surface area contributed by atoms with Crippen molar-refractivity contribution in [3.63, 3.8) is 0 Å². The maximum Gasteiger partial charge on any atom is 0.230 e. The van der Waals surface area contributed by atoms with E-state index < -0.39 is 0 Å². The predicted octanol–water partition coefficient (Wildman–Crippen LogP) is 4.88. The molecule has 1 saturated heterocycles. The number of rotatable bonds is 7. The number of nitrogens with zero attached hydrogens (tertiary/aromatic N) is 1. The predicted molar refractivity (Wildman–Crippen MR) is 102 cm³/mol. The molecule has 134 valence electrons. The number of benzene rings is 1. The topological polar surface area (TPSA) is 40.5 Å². The molecule has 5 heteroatoms. The zero-order valence-electron chi connectivity index (χ0n) is 14.8. The molecule has 2 atom stereocenters. The Balaban J connectivity index is 2.34. The lowest BCUT2D eigenvalue weighted by atomic mass is 9.77. The summed E-state index contributed by atoms with van der Waals surface area (Å²) < 4.78 is 0. The minimum Gasteiger partial charge on any atom is -0.386 e. The van der Waals surface area contributed by atoms with E-state index in [0.29, 0.717) is 5.75 Å². The Bertz CT molecular complexity index is 547. The summed E-state index contributed by atoms with van der Waals surface area (Å²) in [5.41, 5.74) is 0.773. The number of piperidine rings is 1. The van der Waals surface area contributed by atoms with Crippen LogP contribution in [0.2, 0.25) is 5.02 Å². The van der Waals surface area contributed by atoms with Crippen molar-refractivity contribution in [2.75, 3.05) is 11.7 Å². The molecule has 1 heterocycles. The van der Waals surface area contributed by atoms with Crippen LogP contribution in [0.15, 0.2) is 24.3 Å². The van der Waals surface area contributed by atoms with Crippen LogP contribution in [0, 0.1) is 5.41 Å². The number of carbonyl (C=O) groups excluding carboxylic acids is 1. The number of likely N-dealkylation sites (tertiary alicyclic amines) is 1. The Morgan fingerprint density at radius 2 is 1.96 bits per heavy atom. The van der Waals surface area contributed by atoms with Gasteiger partial charge in [0, 0.05) is 16.8 Å². The average Bonchev–Trinajstić information content (AvgIpc) is 2.59. The van der Waals surface area contributed by atoms with Crippen LogP contribution in [0.4, 0.5) is 0 Å². The third-order valence-corrected chi connectivity index (χ3v) is 6.43. The van der Waals surface area contributed by atoms with Gasteiger partial charge in [0.25, 0.3) is 0 Å². The van der Waals surface area contributed by atoms with Gasteiger partial charge >= 0.3 is 0 Å². The molecule has 0 saturated carbocycles. The van der Waals surface area contributed by atoms with Gasteiger partial charge in [0.1, 0.15) is 0 Å². The molecule has 0 bridgehead atoms. The molecule has 1 aliphatic rings. The van der Waals surface area contributed by atoms with Crippen molar-refractivity contribution >= 4 is 29.3 Å². The summed E-state index contributed by atoms with van der Waals surface area (Å²) in [5.74, 6) is 0.962. The number of hydrogen-bond donors (Lipinski definition) is 1. The van der Waals surface area contributed by atoms with Crippen LogP contribution in [0.1, 0.15) is 58.1 Å². The van der Waals surface area contributed by atoms with E-state index >= 15 is 0 Å². The van der Waals surface area contributed by atoms with Gasteiger partial charge in [-0.05, 0) is 50.3 Å². The third-order valence-electron chi connectivity index (χ3n) is 5.16. The monoisotopic (exact) mass is 369 g/mol. The summed E-state index contributed by atoms with van der Waals surface area (Å²) in [7, 11) is 0. The van der Waals surface area contributed by atoms with Gasteiger partial charge in [0.15, 0.2) is 0 Å². The summed E-state index contributed by atoms with van der Waals surface area (Å²) >= 11 is 7.46. The first-order chi connectivity index (χ1) is 11.5. The minimum atomic E-state index is -0.390. The Morgan fingerprint density at radius 3 is 2.50 bits per heavy atom. The molecule has 24 heavy (non-hydrogen) atoms. The van der Waals surface area contributed by atoms with E-state index in [4.69, 9.17) is 16.7 Å². The summed E-state index contributed by atoms with van der Waals surface area (Å²) in [5, 5.41) is 9.87. The summed E-state index contributed by atoms with van der Waals surface area (Å²) in [6.45, 7) is 6.34. The number of thioether (sulfide) groups is 1. The Labute approximate surface area is 154 Å². The molecule has 1 aliphatic heterocycles. The first-order valence-corrected chi connectivity index (χ1v) is 10.3. The molecule has 0 radical (unpaired) electrons. The molecule has 1 amide bonds. The van der Waals surface area contributed by atoms with Crippen molar-refractivity contribution < 1.29 is 9.90 Å². The van der Waals surface area contributed by atoms with Crippen LogP contribution in [0.3, 0.4) is 0 Å². The second-order valence-electron chi connectivity index (χ2n) is 6.83. The van der Waals surface area contributed by atoms with Crippen molar-refractivity contribution in [1.82, 2.24) is 4.90 Å². The smallest absolute Gasteiger partial charge is 0.230 e. The molecule has 1 N–H and O–H groups in total. The Hall–Kier alpha value is -0.710. The molecular weight excluding hydrogens is 342 g/mol. The number of halogens is 1. The highest BCUT2D eigenvalue weighted by Gasteiger charge is 2.45. The third kappa shape index (κ3) is 4.09. The second-order valence-corrected chi connectivity index (χ2v) is 8.22. The Kier molecular flexibility index (Phi) is 7.02. The average molecular weight is 370 g/mol. The van der Waals surface area contributed by atoms with E-state index in [-0.39, 0.29) is 29.3 Å². The van der Waals surface area contributed by atoms with E-state index in [0.717, 1.165) is 36.3 Å². The van der Waals surface area contributed by atoms with Crippen LogP contribution in [-0.4, -0.2) is 33.6 Å². The van der Waals surface area contributed by atoms with Crippen LogP contribution in [0.5, 0.6) is 0 Å². The van der Waals surface area contributed by atoms with Gasteiger partial charge in [-0.1, -0.05) is 37.6 Å². The van der Waals surface area contributed by atoms with Gasteiger partial charge in [-0.25, -0.2) is 0 Å². The lowest BCUT2D eigenvalue weighted by molar-refractivity contribution is -0.151. The molecule has 1 aromatic carbocycles. The molecule has 0 spiro atoms. The highest BCUT2D eigenvalue weighted by atomic mass is 35.5. The van der Waals surface area contributed by atoms with Crippen LogP contribution in [0.25, 0.3) is 0 Å². The molecule has 1 fully saturated rings. The van der Waals surface area contributed by atoms with Crippen LogP contribution < -0.4 is 0 Å². The highest BCUT2D eigenvalue weighted by Crippen LogP contribution is 2.44. The molecule has 2 rings (SSSR count). The summed E-state index contributed by atoms with van der Waals surface area (Å²) in [6, 6.07) is 8.26. The highest BCUT2D eigenvalue weighted by molar-refractivity contribution is 7.99. The van der Waals surface area contributed by atoms with E-state index in [1.807, 2.05) is 31.2 Å². The normalized spacial score (nSPS) is 24.7. The van der Waals surface area contributed by atoms with E-state index in [2.05, 4.69) is 18.7 Å². The molecule has 0 aromatic heterocycles. The first-order valence-electron chi connectivity index (χ1n) is 8.73. The number of amides is 1. The lowest BCUT2D eigenvalue weighted by Gasteiger charge is -2.48. The van der Waals surface area contributed by atoms with Gasteiger partial charge in [-0.15, -0.1) is 11.8 Å². The zero-order valence-corrected chi connectivity index (χ0v) is 16.4. The van der Waals surface area contributed by atoms with Crippen molar-refractivity contribution in [3.05, 3.63) is 34.9 Å². The fraction of sp³-hybridized carbons (Fsp3) is 0.632. The first kappa shape index (κ1) is 19.6. The Morgan fingerprint density at radius 1 is 1.33 bits per heavy atom. The van der Waals surface area contributed by atoms with Gasteiger partial charge in [0.2, 0.25) is 5.91 Å².